The topological polar surface area (TPSA) is 66.8 Å². The molecule has 3 atom stereocenters. The molecule has 1 heterocycles. The van der Waals surface area contributed by atoms with Gasteiger partial charge in [0.2, 0.25) is 5.91 Å². The summed E-state index contributed by atoms with van der Waals surface area (Å²) in [6.45, 7) is 3.62. The molecule has 1 aliphatic heterocycles. The summed E-state index contributed by atoms with van der Waals surface area (Å²) in [5.74, 6) is -1.61. The van der Waals surface area contributed by atoms with Crippen LogP contribution >= 0.6 is 0 Å². The number of ether oxygens (including phenoxy) is 1. The first-order chi connectivity index (χ1) is 7.11. The lowest BCUT2D eigenvalue weighted by atomic mass is 10.2. The van der Waals surface area contributed by atoms with Gasteiger partial charge in [-0.05, 0) is 13.3 Å². The number of hydrogen-bond acceptors (Lipinski definition) is 3. The van der Waals surface area contributed by atoms with Crippen LogP contribution in [0.4, 0.5) is 0 Å². The number of aliphatic carboxylic acids is 1. The molecule has 0 bridgehead atoms. The highest BCUT2D eigenvalue weighted by atomic mass is 16.5. The van der Waals surface area contributed by atoms with Gasteiger partial charge in [-0.2, -0.15) is 0 Å². The van der Waals surface area contributed by atoms with E-state index < -0.39 is 11.9 Å². The second-order valence-electron chi connectivity index (χ2n) is 4.24. The summed E-state index contributed by atoms with van der Waals surface area (Å²) in [6.07, 6.45) is 0.498. The minimum absolute atomic E-state index is 0.0156. The zero-order valence-electron chi connectivity index (χ0n) is 8.68. The van der Waals surface area contributed by atoms with Gasteiger partial charge in [0.25, 0.3) is 0 Å². The molecule has 1 unspecified atom stereocenters. The highest BCUT2D eigenvalue weighted by Gasteiger charge is 2.50. The Morgan fingerprint density at radius 1 is 1.40 bits per heavy atom. The van der Waals surface area contributed by atoms with E-state index in [4.69, 9.17) is 9.84 Å². The summed E-state index contributed by atoms with van der Waals surface area (Å²) in [6, 6.07) is 0.0706. The van der Waals surface area contributed by atoms with Crippen molar-refractivity contribution in [2.24, 2.45) is 11.8 Å². The van der Waals surface area contributed by atoms with Crippen LogP contribution in [0.15, 0.2) is 0 Å². The van der Waals surface area contributed by atoms with Crippen molar-refractivity contribution in [3.8, 4) is 0 Å². The smallest absolute Gasteiger partial charge is 0.307 e. The minimum atomic E-state index is -0.853. The van der Waals surface area contributed by atoms with Gasteiger partial charge in [-0.15, -0.1) is 0 Å². The normalized spacial score (nSPS) is 35.0. The standard InChI is InChI=1S/C10H15NO4/c1-6-5-15-3-2-11(6)9(12)7-4-8(7)10(13)14/h6-8H,2-5H2,1H3,(H,13,14)/t6?,7-,8+/m1/s1. The molecule has 2 rings (SSSR count). The number of carbonyl (C=O) groups is 2. The number of hydrogen-bond donors (Lipinski definition) is 1. The number of rotatable bonds is 2. The Morgan fingerprint density at radius 2 is 2.13 bits per heavy atom. The van der Waals surface area contributed by atoms with Crippen LogP contribution in [0.3, 0.4) is 0 Å². The van der Waals surface area contributed by atoms with E-state index in [2.05, 4.69) is 0 Å². The maximum absolute atomic E-state index is 11.9. The Morgan fingerprint density at radius 3 is 2.67 bits per heavy atom. The van der Waals surface area contributed by atoms with Crippen LogP contribution in [0.5, 0.6) is 0 Å². The molecule has 0 aromatic rings. The molecule has 1 saturated carbocycles. The van der Waals surface area contributed by atoms with Crippen molar-refractivity contribution in [3.05, 3.63) is 0 Å². The zero-order valence-corrected chi connectivity index (χ0v) is 8.68. The maximum atomic E-state index is 11.9. The maximum Gasteiger partial charge on any atom is 0.307 e. The van der Waals surface area contributed by atoms with Crippen LogP contribution in [-0.4, -0.2) is 47.7 Å². The molecule has 1 amide bonds. The summed E-state index contributed by atoms with van der Waals surface area (Å²) < 4.78 is 5.23. The lowest BCUT2D eigenvalue weighted by Gasteiger charge is -2.33. The molecule has 1 N–H and O–H groups in total. The molecule has 2 aliphatic rings. The Balaban J connectivity index is 1.94. The molecule has 0 radical (unpaired) electrons. The first kappa shape index (κ1) is 10.4. The van der Waals surface area contributed by atoms with Crippen molar-refractivity contribution in [2.75, 3.05) is 19.8 Å². The number of carbonyl (C=O) groups excluding carboxylic acids is 1. The highest BCUT2D eigenvalue weighted by molar-refractivity contribution is 5.89. The molecule has 0 aromatic heterocycles. The third-order valence-corrected chi connectivity index (χ3v) is 3.08. The van der Waals surface area contributed by atoms with Gasteiger partial charge in [0.1, 0.15) is 0 Å². The molecule has 5 nitrogen and oxygen atoms in total. The van der Waals surface area contributed by atoms with Crippen molar-refractivity contribution in [1.82, 2.24) is 4.90 Å². The van der Waals surface area contributed by atoms with Crippen LogP contribution in [0.2, 0.25) is 0 Å². The molecule has 15 heavy (non-hydrogen) atoms. The predicted molar refractivity (Wildman–Crippen MR) is 51.2 cm³/mol. The van der Waals surface area contributed by atoms with E-state index in [9.17, 15) is 9.59 Å². The SMILES string of the molecule is CC1COCCN1C(=O)[C@@H]1C[C@@H]1C(=O)O. The predicted octanol–water partition coefficient (Wildman–Crippen LogP) is -0.0456. The zero-order chi connectivity index (χ0) is 11.0. The summed E-state index contributed by atoms with van der Waals surface area (Å²) in [4.78, 5) is 24.3. The Bertz CT molecular complexity index is 291. The van der Waals surface area contributed by atoms with Crippen molar-refractivity contribution < 1.29 is 19.4 Å². The monoisotopic (exact) mass is 213 g/mol. The largest absolute Gasteiger partial charge is 0.481 e. The van der Waals surface area contributed by atoms with Gasteiger partial charge in [0, 0.05) is 6.54 Å². The van der Waals surface area contributed by atoms with Gasteiger partial charge in [0.15, 0.2) is 0 Å². The summed E-state index contributed by atoms with van der Waals surface area (Å²) in [7, 11) is 0. The Labute approximate surface area is 88.0 Å². The molecule has 2 fully saturated rings. The van der Waals surface area contributed by atoms with Gasteiger partial charge < -0.3 is 14.7 Å². The molecular weight excluding hydrogens is 198 g/mol. The van der Waals surface area contributed by atoms with Gasteiger partial charge in [-0.3, -0.25) is 9.59 Å². The van der Waals surface area contributed by atoms with E-state index in [1.165, 1.54) is 0 Å². The second-order valence-corrected chi connectivity index (χ2v) is 4.24. The average molecular weight is 213 g/mol. The van der Waals surface area contributed by atoms with Crippen LogP contribution in [0.25, 0.3) is 0 Å². The van der Waals surface area contributed by atoms with E-state index >= 15 is 0 Å². The first-order valence-electron chi connectivity index (χ1n) is 5.22. The van der Waals surface area contributed by atoms with E-state index in [-0.39, 0.29) is 17.9 Å². The number of carboxylic acid groups (broad SMARTS) is 1. The van der Waals surface area contributed by atoms with Crippen LogP contribution in [0, 0.1) is 11.8 Å². The lowest BCUT2D eigenvalue weighted by molar-refractivity contribution is -0.145. The number of carboxylic acids is 1. The van der Waals surface area contributed by atoms with Crippen molar-refractivity contribution in [3.63, 3.8) is 0 Å². The Hall–Kier alpha value is -1.10. The minimum Gasteiger partial charge on any atom is -0.481 e. The van der Waals surface area contributed by atoms with Crippen molar-refractivity contribution in [2.45, 2.75) is 19.4 Å². The van der Waals surface area contributed by atoms with E-state index in [1.54, 1.807) is 4.90 Å². The van der Waals surface area contributed by atoms with E-state index in [1.807, 2.05) is 6.92 Å². The summed E-state index contributed by atoms with van der Waals surface area (Å²) >= 11 is 0. The van der Waals surface area contributed by atoms with Gasteiger partial charge in [0.05, 0.1) is 31.1 Å². The van der Waals surface area contributed by atoms with E-state index in [0.29, 0.717) is 26.2 Å². The number of amides is 1. The molecule has 0 aromatic carbocycles. The highest BCUT2D eigenvalue weighted by Crippen LogP contribution is 2.40. The summed E-state index contributed by atoms with van der Waals surface area (Å²) in [5, 5.41) is 8.74. The van der Waals surface area contributed by atoms with Gasteiger partial charge in [-0.25, -0.2) is 0 Å². The van der Waals surface area contributed by atoms with Crippen LogP contribution in [0.1, 0.15) is 13.3 Å². The molecule has 1 aliphatic carbocycles. The molecule has 1 saturated heterocycles. The molecule has 5 heteroatoms. The lowest BCUT2D eigenvalue weighted by Crippen LogP contribution is -2.48. The van der Waals surface area contributed by atoms with Gasteiger partial charge in [-0.1, -0.05) is 0 Å². The molecule has 84 valence electrons. The molecular formula is C10H15NO4. The summed E-state index contributed by atoms with van der Waals surface area (Å²) in [5.41, 5.74) is 0. The first-order valence-corrected chi connectivity index (χ1v) is 5.22. The average Bonchev–Trinajstić information content (AvgIpc) is 2.97. The van der Waals surface area contributed by atoms with Crippen LogP contribution in [-0.2, 0) is 14.3 Å². The quantitative estimate of drug-likeness (QED) is 0.698. The third kappa shape index (κ3) is 1.97. The second kappa shape index (κ2) is 3.81. The fourth-order valence-electron chi connectivity index (χ4n) is 2.01. The number of nitrogens with zero attached hydrogens (tertiary/aromatic N) is 1. The van der Waals surface area contributed by atoms with Crippen molar-refractivity contribution in [1.29, 1.82) is 0 Å². The fourth-order valence-corrected chi connectivity index (χ4v) is 2.01. The Kier molecular flexibility index (Phi) is 2.65. The molecule has 0 spiro atoms. The van der Waals surface area contributed by atoms with E-state index in [0.717, 1.165) is 0 Å². The van der Waals surface area contributed by atoms with Gasteiger partial charge >= 0.3 is 5.97 Å². The van der Waals surface area contributed by atoms with Crippen LogP contribution < -0.4 is 0 Å². The number of morpholine rings is 1. The fraction of sp³-hybridized carbons (Fsp3) is 0.800. The van der Waals surface area contributed by atoms with Crippen molar-refractivity contribution >= 4 is 11.9 Å². The third-order valence-electron chi connectivity index (χ3n) is 3.08.